The highest BCUT2D eigenvalue weighted by Crippen LogP contribution is 2.38. The number of alkyl halides is 3. The van der Waals surface area contributed by atoms with E-state index < -0.39 is 35.2 Å². The zero-order chi connectivity index (χ0) is 25.2. The molecule has 0 radical (unpaired) electrons. The van der Waals surface area contributed by atoms with E-state index in [1.165, 1.54) is 18.9 Å². The number of aromatic nitrogens is 2. The Kier molecular flexibility index (Phi) is 7.47. The van der Waals surface area contributed by atoms with Crippen LogP contribution in [0.2, 0.25) is 0 Å². The SMILES string of the molecule is CCN(CCC(C)c1ccc(F)c(F)c1C(F)(F)F)C(=O)c1n[nH]c2c1CN(C(=O)NC)CC2. The third-order valence-electron chi connectivity index (χ3n) is 6.08. The van der Waals surface area contributed by atoms with E-state index >= 15 is 0 Å². The second-order valence-electron chi connectivity index (χ2n) is 8.15. The molecule has 1 aromatic heterocycles. The van der Waals surface area contributed by atoms with Gasteiger partial charge in [0.2, 0.25) is 0 Å². The molecule has 0 bridgehead atoms. The number of hydrogen-bond donors (Lipinski definition) is 2. The van der Waals surface area contributed by atoms with Crippen molar-refractivity contribution >= 4 is 11.9 Å². The fourth-order valence-electron chi connectivity index (χ4n) is 4.13. The second-order valence-corrected chi connectivity index (χ2v) is 8.15. The van der Waals surface area contributed by atoms with Crippen LogP contribution in [-0.2, 0) is 19.1 Å². The lowest BCUT2D eigenvalue weighted by atomic mass is 9.92. The lowest BCUT2D eigenvalue weighted by Crippen LogP contribution is -2.42. The molecular formula is C22H26F5N5O2. The summed E-state index contributed by atoms with van der Waals surface area (Å²) in [5, 5.41) is 9.50. The van der Waals surface area contributed by atoms with Gasteiger partial charge in [0.05, 0.1) is 12.1 Å². The Labute approximate surface area is 193 Å². The number of benzene rings is 1. The van der Waals surface area contributed by atoms with E-state index in [-0.39, 0.29) is 43.3 Å². The van der Waals surface area contributed by atoms with Crippen molar-refractivity contribution in [3.8, 4) is 0 Å². The van der Waals surface area contributed by atoms with Crippen molar-refractivity contribution in [3.63, 3.8) is 0 Å². The van der Waals surface area contributed by atoms with Crippen LogP contribution in [0.5, 0.6) is 0 Å². The molecule has 0 saturated heterocycles. The minimum atomic E-state index is -5.05. The number of amides is 3. The van der Waals surface area contributed by atoms with Gasteiger partial charge in [0.25, 0.3) is 5.91 Å². The zero-order valence-corrected chi connectivity index (χ0v) is 19.0. The number of nitrogens with zero attached hydrogens (tertiary/aromatic N) is 3. The molecule has 0 spiro atoms. The Morgan fingerprint density at radius 1 is 1.29 bits per heavy atom. The molecule has 1 aliphatic heterocycles. The minimum Gasteiger partial charge on any atom is -0.341 e. The van der Waals surface area contributed by atoms with E-state index in [9.17, 15) is 31.5 Å². The smallest absolute Gasteiger partial charge is 0.341 e. The molecule has 0 fully saturated rings. The van der Waals surface area contributed by atoms with Gasteiger partial charge in [0.15, 0.2) is 17.3 Å². The Hall–Kier alpha value is -3.18. The Bertz CT molecular complexity index is 1070. The number of rotatable bonds is 6. The molecule has 2 heterocycles. The average molecular weight is 487 g/mol. The van der Waals surface area contributed by atoms with Gasteiger partial charge in [-0.3, -0.25) is 9.89 Å². The molecule has 0 aliphatic carbocycles. The quantitative estimate of drug-likeness (QED) is 0.603. The van der Waals surface area contributed by atoms with Gasteiger partial charge in [-0.05, 0) is 30.9 Å². The molecule has 1 atom stereocenters. The van der Waals surface area contributed by atoms with Gasteiger partial charge < -0.3 is 15.1 Å². The van der Waals surface area contributed by atoms with E-state index in [0.717, 1.165) is 11.8 Å². The summed E-state index contributed by atoms with van der Waals surface area (Å²) in [6.45, 7) is 4.19. The number of H-pyrrole nitrogens is 1. The van der Waals surface area contributed by atoms with Crippen molar-refractivity contribution < 1.29 is 31.5 Å². The molecule has 1 unspecified atom stereocenters. The van der Waals surface area contributed by atoms with Crippen LogP contribution in [0, 0.1) is 11.6 Å². The van der Waals surface area contributed by atoms with Gasteiger partial charge in [-0.15, -0.1) is 0 Å². The van der Waals surface area contributed by atoms with Crippen molar-refractivity contribution in [1.82, 2.24) is 25.3 Å². The maximum atomic E-state index is 14.0. The number of carbonyl (C=O) groups excluding carboxylic acids is 2. The van der Waals surface area contributed by atoms with Gasteiger partial charge in [-0.25, -0.2) is 13.6 Å². The average Bonchev–Trinajstić information content (AvgIpc) is 3.22. The fraction of sp³-hybridized carbons (Fsp3) is 0.500. The number of hydrogen-bond acceptors (Lipinski definition) is 3. The third-order valence-corrected chi connectivity index (χ3v) is 6.08. The van der Waals surface area contributed by atoms with Crippen LogP contribution in [0.3, 0.4) is 0 Å². The van der Waals surface area contributed by atoms with Crippen LogP contribution < -0.4 is 5.32 Å². The topological polar surface area (TPSA) is 81.3 Å². The number of nitrogens with one attached hydrogen (secondary N) is 2. The molecule has 12 heteroatoms. The largest absolute Gasteiger partial charge is 0.419 e. The summed E-state index contributed by atoms with van der Waals surface area (Å²) in [6.07, 6.45) is -4.46. The monoisotopic (exact) mass is 487 g/mol. The van der Waals surface area contributed by atoms with Crippen LogP contribution >= 0.6 is 0 Å². The molecule has 2 N–H and O–H groups in total. The van der Waals surface area contributed by atoms with Gasteiger partial charge in [-0.1, -0.05) is 13.0 Å². The number of fused-ring (bicyclic) bond motifs is 1. The lowest BCUT2D eigenvalue weighted by molar-refractivity contribution is -0.141. The highest BCUT2D eigenvalue weighted by atomic mass is 19.4. The second kappa shape index (κ2) is 9.98. The van der Waals surface area contributed by atoms with Gasteiger partial charge >= 0.3 is 12.2 Å². The van der Waals surface area contributed by atoms with Gasteiger partial charge in [0, 0.05) is 44.4 Å². The number of carbonyl (C=O) groups is 2. The first-order chi connectivity index (χ1) is 16.0. The highest BCUT2D eigenvalue weighted by molar-refractivity contribution is 5.94. The summed E-state index contributed by atoms with van der Waals surface area (Å²) < 4.78 is 67.6. The van der Waals surface area contributed by atoms with Crippen LogP contribution in [0.25, 0.3) is 0 Å². The van der Waals surface area contributed by atoms with Crippen molar-refractivity contribution in [1.29, 1.82) is 0 Å². The maximum Gasteiger partial charge on any atom is 0.419 e. The summed E-state index contributed by atoms with van der Waals surface area (Å²) in [4.78, 5) is 28.1. The van der Waals surface area contributed by atoms with Crippen LogP contribution in [0.1, 0.15) is 59.1 Å². The molecule has 7 nitrogen and oxygen atoms in total. The molecule has 0 saturated carbocycles. The predicted octanol–water partition coefficient (Wildman–Crippen LogP) is 4.06. The third kappa shape index (κ3) is 5.00. The van der Waals surface area contributed by atoms with E-state index in [0.29, 0.717) is 24.6 Å². The van der Waals surface area contributed by atoms with E-state index in [2.05, 4.69) is 15.5 Å². The molecule has 1 aromatic carbocycles. The number of halogens is 5. The predicted molar refractivity (Wildman–Crippen MR) is 113 cm³/mol. The van der Waals surface area contributed by atoms with Crippen LogP contribution in [0.4, 0.5) is 26.7 Å². The number of aromatic amines is 1. The molecule has 186 valence electrons. The molecule has 34 heavy (non-hydrogen) atoms. The number of urea groups is 1. The minimum absolute atomic E-state index is 0.0770. The van der Waals surface area contributed by atoms with Gasteiger partial charge in [0.1, 0.15) is 0 Å². The van der Waals surface area contributed by atoms with Crippen LogP contribution in [0.15, 0.2) is 12.1 Å². The molecule has 3 amide bonds. The van der Waals surface area contributed by atoms with Crippen molar-refractivity contribution in [2.75, 3.05) is 26.7 Å². The van der Waals surface area contributed by atoms with Crippen molar-refractivity contribution in [3.05, 3.63) is 51.8 Å². The zero-order valence-electron chi connectivity index (χ0n) is 19.0. The Morgan fingerprint density at radius 2 is 2.00 bits per heavy atom. The van der Waals surface area contributed by atoms with Gasteiger partial charge in [-0.2, -0.15) is 18.3 Å². The molecule has 1 aliphatic rings. The standard InChI is InChI=1S/C22H26F5N5O2/c1-4-31(9-7-12(2)13-5-6-15(23)18(24)17(13)22(25,26)27)20(33)19-14-11-32(21(34)28-3)10-8-16(14)29-30-19/h5-6,12H,4,7-11H2,1-3H3,(H,28,34)(H,29,30). The lowest BCUT2D eigenvalue weighted by Gasteiger charge is -2.28. The summed E-state index contributed by atoms with van der Waals surface area (Å²) >= 11 is 0. The highest BCUT2D eigenvalue weighted by Gasteiger charge is 2.39. The first kappa shape index (κ1) is 25.4. The Balaban J connectivity index is 1.77. The summed E-state index contributed by atoms with van der Waals surface area (Å²) in [6, 6.07) is 1.33. The normalized spacial score (nSPS) is 14.5. The fourth-order valence-corrected chi connectivity index (χ4v) is 4.13. The van der Waals surface area contributed by atoms with E-state index in [1.807, 2.05) is 0 Å². The first-order valence-electron chi connectivity index (χ1n) is 10.9. The summed E-state index contributed by atoms with van der Waals surface area (Å²) in [7, 11) is 1.51. The summed E-state index contributed by atoms with van der Waals surface area (Å²) in [5.74, 6) is -4.72. The molecule has 2 aromatic rings. The van der Waals surface area contributed by atoms with Crippen molar-refractivity contribution in [2.24, 2.45) is 0 Å². The first-order valence-corrected chi connectivity index (χ1v) is 10.9. The molecule has 3 rings (SSSR count). The van der Waals surface area contributed by atoms with E-state index in [4.69, 9.17) is 0 Å². The van der Waals surface area contributed by atoms with Crippen molar-refractivity contribution in [2.45, 2.75) is 45.3 Å². The maximum absolute atomic E-state index is 14.0. The van der Waals surface area contributed by atoms with E-state index in [1.54, 1.807) is 11.8 Å². The molecular weight excluding hydrogens is 461 g/mol. The Morgan fingerprint density at radius 3 is 2.62 bits per heavy atom. The summed E-state index contributed by atoms with van der Waals surface area (Å²) in [5.41, 5.74) is -0.476. The van der Waals surface area contributed by atoms with Crippen LogP contribution in [-0.4, -0.2) is 58.6 Å².